The Bertz CT molecular complexity index is 1150. The quantitative estimate of drug-likeness (QED) is 0.602. The highest BCUT2D eigenvalue weighted by Crippen LogP contribution is 2.36. The Kier molecular flexibility index (Phi) is 6.64. The lowest BCUT2D eigenvalue weighted by Gasteiger charge is -2.13. The number of carbonyl (C=O) groups excluding carboxylic acids is 4. The first-order valence-electron chi connectivity index (χ1n) is 10.2. The standard InChI is InChI=1S/C23H21N3O6S/c1-14(27)25-17-5-2-15(3-6-17)12-21(28)24-8-9-26-22(29)20(33-23(26)30)11-16-4-7-18-19(10-16)32-13-31-18/h2-7,10-11H,8-9,12-13H2,1H3,(H,24,28)(H,25,27)/b20-11-. The van der Waals surface area contributed by atoms with Gasteiger partial charge in [0.25, 0.3) is 11.1 Å². The second kappa shape index (κ2) is 9.78. The summed E-state index contributed by atoms with van der Waals surface area (Å²) >= 11 is 0.861. The number of nitrogens with one attached hydrogen (secondary N) is 2. The first kappa shape index (κ1) is 22.4. The second-order valence-corrected chi connectivity index (χ2v) is 8.34. The van der Waals surface area contributed by atoms with E-state index in [2.05, 4.69) is 10.6 Å². The third kappa shape index (κ3) is 5.53. The van der Waals surface area contributed by atoms with E-state index < -0.39 is 5.91 Å². The molecule has 0 unspecified atom stereocenters. The monoisotopic (exact) mass is 467 g/mol. The van der Waals surface area contributed by atoms with Gasteiger partial charge in [0, 0.05) is 25.7 Å². The summed E-state index contributed by atoms with van der Waals surface area (Å²) in [4.78, 5) is 49.6. The molecule has 2 heterocycles. The molecule has 4 rings (SSSR count). The van der Waals surface area contributed by atoms with Crippen molar-refractivity contribution in [3.05, 3.63) is 58.5 Å². The molecule has 1 fully saturated rings. The van der Waals surface area contributed by atoms with Gasteiger partial charge >= 0.3 is 0 Å². The van der Waals surface area contributed by atoms with Crippen LogP contribution in [0, 0.1) is 0 Å². The average Bonchev–Trinajstić information content (AvgIpc) is 3.34. The van der Waals surface area contributed by atoms with Crippen molar-refractivity contribution in [2.24, 2.45) is 0 Å². The van der Waals surface area contributed by atoms with Crippen LogP contribution in [-0.2, 0) is 20.8 Å². The predicted molar refractivity (Wildman–Crippen MR) is 123 cm³/mol. The molecule has 0 spiro atoms. The van der Waals surface area contributed by atoms with E-state index in [0.717, 1.165) is 27.8 Å². The van der Waals surface area contributed by atoms with Crippen molar-refractivity contribution in [2.75, 3.05) is 25.2 Å². The average molecular weight is 468 g/mol. The fourth-order valence-corrected chi connectivity index (χ4v) is 4.18. The zero-order valence-corrected chi connectivity index (χ0v) is 18.6. The molecule has 2 aliphatic rings. The molecule has 4 amide bonds. The van der Waals surface area contributed by atoms with Crippen LogP contribution in [-0.4, -0.2) is 47.7 Å². The Morgan fingerprint density at radius 1 is 1.09 bits per heavy atom. The Morgan fingerprint density at radius 3 is 2.61 bits per heavy atom. The van der Waals surface area contributed by atoms with Gasteiger partial charge in [0.15, 0.2) is 11.5 Å². The first-order valence-corrected chi connectivity index (χ1v) is 11.0. The summed E-state index contributed by atoms with van der Waals surface area (Å²) in [5, 5.41) is 5.01. The highest BCUT2D eigenvalue weighted by molar-refractivity contribution is 8.18. The zero-order chi connectivity index (χ0) is 23.4. The first-order chi connectivity index (χ1) is 15.9. The zero-order valence-electron chi connectivity index (χ0n) is 17.8. The summed E-state index contributed by atoms with van der Waals surface area (Å²) in [6.07, 6.45) is 1.78. The smallest absolute Gasteiger partial charge is 0.293 e. The highest BCUT2D eigenvalue weighted by Gasteiger charge is 2.34. The number of amides is 4. The van der Waals surface area contributed by atoms with Crippen LogP contribution in [0.2, 0.25) is 0 Å². The number of anilines is 1. The lowest BCUT2D eigenvalue weighted by Crippen LogP contribution is -2.37. The maximum atomic E-state index is 12.6. The molecule has 1 saturated heterocycles. The fourth-order valence-electron chi connectivity index (χ4n) is 3.31. The molecule has 0 saturated carbocycles. The number of hydrogen-bond donors (Lipinski definition) is 2. The summed E-state index contributed by atoms with van der Waals surface area (Å²) in [7, 11) is 0. The Labute approximate surface area is 194 Å². The van der Waals surface area contributed by atoms with Crippen LogP contribution in [0.25, 0.3) is 6.08 Å². The molecule has 0 aliphatic carbocycles. The van der Waals surface area contributed by atoms with Gasteiger partial charge in [0.2, 0.25) is 18.6 Å². The van der Waals surface area contributed by atoms with Gasteiger partial charge in [-0.1, -0.05) is 18.2 Å². The maximum absolute atomic E-state index is 12.6. The molecule has 2 N–H and O–H groups in total. The number of nitrogens with zero attached hydrogens (tertiary/aromatic N) is 1. The van der Waals surface area contributed by atoms with Gasteiger partial charge < -0.3 is 20.1 Å². The number of hydrogen-bond acceptors (Lipinski definition) is 7. The van der Waals surface area contributed by atoms with E-state index in [1.165, 1.54) is 6.92 Å². The SMILES string of the molecule is CC(=O)Nc1ccc(CC(=O)NCCN2C(=O)S/C(=C\c3ccc4c(c3)OCO4)C2=O)cc1. The van der Waals surface area contributed by atoms with Crippen LogP contribution in [0.4, 0.5) is 10.5 Å². The third-order valence-corrected chi connectivity index (χ3v) is 5.77. The highest BCUT2D eigenvalue weighted by atomic mass is 32.2. The third-order valence-electron chi connectivity index (χ3n) is 4.86. The van der Waals surface area contributed by atoms with Crippen LogP contribution in [0.1, 0.15) is 18.1 Å². The van der Waals surface area contributed by atoms with Crippen molar-refractivity contribution in [1.82, 2.24) is 10.2 Å². The Morgan fingerprint density at radius 2 is 1.85 bits per heavy atom. The van der Waals surface area contributed by atoms with Gasteiger partial charge in [-0.05, 0) is 53.2 Å². The van der Waals surface area contributed by atoms with Gasteiger partial charge in [-0.3, -0.25) is 24.1 Å². The Hall–Kier alpha value is -3.79. The van der Waals surface area contributed by atoms with Gasteiger partial charge in [-0.15, -0.1) is 0 Å². The lowest BCUT2D eigenvalue weighted by atomic mass is 10.1. The minimum absolute atomic E-state index is 0.0797. The number of carbonyl (C=O) groups is 4. The van der Waals surface area contributed by atoms with Crippen LogP contribution in [0.5, 0.6) is 11.5 Å². The number of fused-ring (bicyclic) bond motifs is 1. The van der Waals surface area contributed by atoms with E-state index >= 15 is 0 Å². The van der Waals surface area contributed by atoms with Gasteiger partial charge in [0.1, 0.15) is 0 Å². The van der Waals surface area contributed by atoms with Crippen LogP contribution < -0.4 is 20.1 Å². The number of thioether (sulfide) groups is 1. The van der Waals surface area contributed by atoms with E-state index in [1.807, 2.05) is 0 Å². The summed E-state index contributed by atoms with van der Waals surface area (Å²) in [5.41, 5.74) is 2.15. The van der Waals surface area contributed by atoms with Crippen molar-refractivity contribution >= 4 is 46.5 Å². The van der Waals surface area contributed by atoms with Gasteiger partial charge in [0.05, 0.1) is 11.3 Å². The molecule has 2 aromatic carbocycles. The van der Waals surface area contributed by atoms with Gasteiger partial charge in [-0.2, -0.15) is 0 Å². The van der Waals surface area contributed by atoms with Crippen molar-refractivity contribution in [3.8, 4) is 11.5 Å². The van der Waals surface area contributed by atoms with E-state index in [9.17, 15) is 19.2 Å². The van der Waals surface area contributed by atoms with E-state index in [0.29, 0.717) is 22.1 Å². The van der Waals surface area contributed by atoms with Crippen LogP contribution in [0.3, 0.4) is 0 Å². The van der Waals surface area contributed by atoms with Crippen molar-refractivity contribution < 1.29 is 28.7 Å². The number of rotatable bonds is 7. The molecule has 2 aromatic rings. The normalized spacial score (nSPS) is 15.8. The molecule has 0 bridgehead atoms. The van der Waals surface area contributed by atoms with Crippen molar-refractivity contribution in [2.45, 2.75) is 13.3 Å². The van der Waals surface area contributed by atoms with Crippen LogP contribution in [0.15, 0.2) is 47.4 Å². The maximum Gasteiger partial charge on any atom is 0.293 e. The molecule has 0 atom stereocenters. The number of imide groups is 1. The summed E-state index contributed by atoms with van der Waals surface area (Å²) < 4.78 is 10.6. The van der Waals surface area contributed by atoms with Crippen LogP contribution >= 0.6 is 11.8 Å². The summed E-state index contributed by atoms with van der Waals surface area (Å²) in [6.45, 7) is 1.81. The topological polar surface area (TPSA) is 114 Å². The van der Waals surface area contributed by atoms with E-state index in [4.69, 9.17) is 9.47 Å². The molecule has 2 aliphatic heterocycles. The van der Waals surface area contributed by atoms with Gasteiger partial charge in [-0.25, -0.2) is 0 Å². The number of ether oxygens (including phenoxy) is 2. The molecule has 0 aromatic heterocycles. The van der Waals surface area contributed by atoms with E-state index in [-0.39, 0.29) is 43.4 Å². The molecular formula is C23H21N3O6S. The van der Waals surface area contributed by atoms with Crippen molar-refractivity contribution in [1.29, 1.82) is 0 Å². The minimum atomic E-state index is -0.398. The largest absolute Gasteiger partial charge is 0.454 e. The fraction of sp³-hybridized carbons (Fsp3) is 0.217. The summed E-state index contributed by atoms with van der Waals surface area (Å²) in [6, 6.07) is 12.2. The van der Waals surface area contributed by atoms with E-state index in [1.54, 1.807) is 48.5 Å². The lowest BCUT2D eigenvalue weighted by molar-refractivity contribution is -0.124. The Balaban J connectivity index is 1.28. The molecule has 0 radical (unpaired) electrons. The second-order valence-electron chi connectivity index (χ2n) is 7.35. The predicted octanol–water partition coefficient (Wildman–Crippen LogP) is 2.77. The molecule has 170 valence electrons. The number of benzene rings is 2. The minimum Gasteiger partial charge on any atom is -0.454 e. The molecule has 9 nitrogen and oxygen atoms in total. The molecule has 10 heteroatoms. The molecular weight excluding hydrogens is 446 g/mol. The summed E-state index contributed by atoms with van der Waals surface area (Å²) in [5.74, 6) is 0.435. The van der Waals surface area contributed by atoms with Crippen molar-refractivity contribution in [3.63, 3.8) is 0 Å². The molecule has 33 heavy (non-hydrogen) atoms.